The number of nitrogens with zero attached hydrogens (tertiary/aromatic N) is 4. The average Bonchev–Trinajstić information content (AvgIpc) is 3.15. The van der Waals surface area contributed by atoms with Crippen molar-refractivity contribution in [3.8, 4) is 0 Å². The molecule has 3 rings (SSSR count). The third-order valence-corrected chi connectivity index (χ3v) is 5.46. The molecule has 0 aromatic carbocycles. The highest BCUT2D eigenvalue weighted by atomic mass is 32.2. The summed E-state index contributed by atoms with van der Waals surface area (Å²) >= 11 is 0. The van der Waals surface area contributed by atoms with Gasteiger partial charge in [0.05, 0.1) is 11.9 Å². The van der Waals surface area contributed by atoms with E-state index < -0.39 is 9.84 Å². The zero-order chi connectivity index (χ0) is 17.3. The summed E-state index contributed by atoms with van der Waals surface area (Å²) in [5.74, 6) is 0.126. The summed E-state index contributed by atoms with van der Waals surface area (Å²) in [5.41, 5.74) is 1.06. The van der Waals surface area contributed by atoms with Gasteiger partial charge < -0.3 is 4.90 Å². The van der Waals surface area contributed by atoms with Gasteiger partial charge in [0.2, 0.25) is 0 Å². The molecule has 130 valence electrons. The first-order chi connectivity index (χ1) is 11.3. The van der Waals surface area contributed by atoms with Gasteiger partial charge in [-0.05, 0) is 31.2 Å². The number of sulfone groups is 1. The van der Waals surface area contributed by atoms with Crippen LogP contribution < -0.4 is 0 Å². The summed E-state index contributed by atoms with van der Waals surface area (Å²) in [6.07, 6.45) is 6.69. The topological polar surface area (TPSA) is 101 Å². The minimum atomic E-state index is -3.30. The van der Waals surface area contributed by atoms with Crippen LogP contribution in [0, 0.1) is 5.92 Å². The molecule has 8 nitrogen and oxygen atoms in total. The van der Waals surface area contributed by atoms with Gasteiger partial charge in [-0.3, -0.25) is 14.6 Å². The van der Waals surface area contributed by atoms with Crippen molar-refractivity contribution in [3.05, 3.63) is 29.8 Å². The highest BCUT2D eigenvalue weighted by Crippen LogP contribution is 2.24. The first kappa shape index (κ1) is 16.7. The van der Waals surface area contributed by atoms with E-state index in [2.05, 4.69) is 15.3 Å². The van der Waals surface area contributed by atoms with Crippen molar-refractivity contribution in [1.82, 2.24) is 24.9 Å². The lowest BCUT2D eigenvalue weighted by Gasteiger charge is -2.32. The van der Waals surface area contributed by atoms with Crippen molar-refractivity contribution in [1.29, 1.82) is 0 Å². The molecule has 0 radical (unpaired) electrons. The van der Waals surface area contributed by atoms with E-state index in [0.29, 0.717) is 30.9 Å². The van der Waals surface area contributed by atoms with E-state index >= 15 is 0 Å². The van der Waals surface area contributed by atoms with Gasteiger partial charge >= 0.3 is 0 Å². The van der Waals surface area contributed by atoms with Crippen LogP contribution in [0.15, 0.2) is 23.4 Å². The highest BCUT2D eigenvalue weighted by molar-refractivity contribution is 7.90. The third kappa shape index (κ3) is 3.50. The fourth-order valence-electron chi connectivity index (χ4n) is 3.16. The van der Waals surface area contributed by atoms with Crippen molar-refractivity contribution in [2.45, 2.75) is 24.2 Å². The van der Waals surface area contributed by atoms with E-state index in [0.717, 1.165) is 12.8 Å². The summed E-state index contributed by atoms with van der Waals surface area (Å²) in [4.78, 5) is 14.6. The predicted octanol–water partition coefficient (Wildman–Crippen LogP) is 0.642. The summed E-state index contributed by atoms with van der Waals surface area (Å²) in [7, 11) is -1.52. The van der Waals surface area contributed by atoms with E-state index in [-0.39, 0.29) is 16.7 Å². The first-order valence-electron chi connectivity index (χ1n) is 7.86. The summed E-state index contributed by atoms with van der Waals surface area (Å²) in [6, 6.07) is 1.71. The molecule has 0 aliphatic carbocycles. The van der Waals surface area contributed by atoms with Crippen LogP contribution in [0.2, 0.25) is 0 Å². The maximum Gasteiger partial charge on any atom is 0.274 e. The Balaban J connectivity index is 1.70. The van der Waals surface area contributed by atoms with E-state index in [4.69, 9.17) is 0 Å². The Morgan fingerprint density at radius 3 is 2.92 bits per heavy atom. The molecule has 24 heavy (non-hydrogen) atoms. The normalized spacial score (nSPS) is 18.8. The number of aryl methyl sites for hydroxylation is 1. The van der Waals surface area contributed by atoms with Crippen molar-refractivity contribution in [2.24, 2.45) is 13.0 Å². The molecule has 1 amide bonds. The monoisotopic (exact) mass is 351 g/mol. The Bertz CT molecular complexity index is 839. The maximum absolute atomic E-state index is 12.5. The van der Waals surface area contributed by atoms with Crippen molar-refractivity contribution in [2.75, 3.05) is 19.3 Å². The summed E-state index contributed by atoms with van der Waals surface area (Å²) in [6.45, 7) is 1.30. The minimum Gasteiger partial charge on any atom is -0.337 e. The average molecular weight is 351 g/mol. The number of carbonyl (C=O) groups is 1. The Kier molecular flexibility index (Phi) is 4.44. The molecule has 1 saturated heterocycles. The molecule has 1 aliphatic heterocycles. The van der Waals surface area contributed by atoms with Crippen LogP contribution in [0.3, 0.4) is 0 Å². The van der Waals surface area contributed by atoms with Gasteiger partial charge in [-0.25, -0.2) is 8.42 Å². The predicted molar refractivity (Wildman–Crippen MR) is 87.2 cm³/mol. The van der Waals surface area contributed by atoms with Crippen molar-refractivity contribution < 1.29 is 13.2 Å². The summed E-state index contributed by atoms with van der Waals surface area (Å²) < 4.78 is 25.2. The standard InChI is InChI=1S/C15H21N5O3S/c1-19-7-5-12(18-19)15(21)20-6-3-4-11(10-20)8-13-14(9-16-17-13)24(2,22)23/h5,7,9,11H,3-4,6,8,10H2,1-2H3,(H,16,17)/t11-/m1/s1. The molecule has 2 aromatic rings. The fraction of sp³-hybridized carbons (Fsp3) is 0.533. The van der Waals surface area contributed by atoms with E-state index in [1.165, 1.54) is 12.5 Å². The number of carbonyl (C=O) groups excluding carboxylic acids is 1. The van der Waals surface area contributed by atoms with E-state index in [9.17, 15) is 13.2 Å². The van der Waals surface area contributed by atoms with Gasteiger partial charge in [0, 0.05) is 32.6 Å². The highest BCUT2D eigenvalue weighted by Gasteiger charge is 2.27. The summed E-state index contributed by atoms with van der Waals surface area (Å²) in [5, 5.41) is 10.8. The number of likely N-dealkylation sites (tertiary alicyclic amines) is 1. The number of nitrogens with one attached hydrogen (secondary N) is 1. The lowest BCUT2D eigenvalue weighted by molar-refractivity contribution is 0.0665. The van der Waals surface area contributed by atoms with E-state index in [1.54, 1.807) is 28.9 Å². The number of amides is 1. The molecule has 0 spiro atoms. The Hall–Kier alpha value is -2.16. The van der Waals surface area contributed by atoms with E-state index in [1.807, 2.05) is 0 Å². The van der Waals surface area contributed by atoms with Gasteiger partial charge in [0.25, 0.3) is 5.91 Å². The maximum atomic E-state index is 12.5. The number of piperidine rings is 1. The van der Waals surface area contributed by atoms with Gasteiger partial charge in [0.15, 0.2) is 9.84 Å². The minimum absolute atomic E-state index is 0.0757. The second kappa shape index (κ2) is 6.39. The Morgan fingerprint density at radius 1 is 1.46 bits per heavy atom. The zero-order valence-corrected chi connectivity index (χ0v) is 14.6. The second-order valence-corrected chi connectivity index (χ2v) is 8.31. The molecule has 1 aliphatic rings. The number of rotatable bonds is 4. The van der Waals surface area contributed by atoms with Crippen molar-refractivity contribution in [3.63, 3.8) is 0 Å². The molecule has 1 N–H and O–H groups in total. The molecule has 2 aromatic heterocycles. The number of hydrogen-bond acceptors (Lipinski definition) is 5. The van der Waals surface area contributed by atoms with Gasteiger partial charge in [-0.15, -0.1) is 0 Å². The van der Waals surface area contributed by atoms with Gasteiger partial charge in [-0.2, -0.15) is 10.2 Å². The van der Waals surface area contributed by atoms with Crippen LogP contribution in [0.25, 0.3) is 0 Å². The molecular weight excluding hydrogens is 330 g/mol. The number of hydrogen-bond donors (Lipinski definition) is 1. The molecule has 0 unspecified atom stereocenters. The Labute approximate surface area is 140 Å². The molecule has 9 heteroatoms. The number of H-pyrrole nitrogens is 1. The number of aromatic amines is 1. The first-order valence-corrected chi connectivity index (χ1v) is 9.75. The molecule has 1 fully saturated rings. The molecule has 0 bridgehead atoms. The second-order valence-electron chi connectivity index (χ2n) is 6.32. The Morgan fingerprint density at radius 2 is 2.25 bits per heavy atom. The van der Waals surface area contributed by atoms with Crippen LogP contribution in [0.1, 0.15) is 29.0 Å². The SMILES string of the molecule is Cn1ccc(C(=O)N2CCC[C@H](Cc3[nH]ncc3S(C)(=O)=O)C2)n1. The van der Waals surface area contributed by atoms with Crippen LogP contribution in [-0.4, -0.2) is 58.5 Å². The van der Waals surface area contributed by atoms with Crippen molar-refractivity contribution >= 4 is 15.7 Å². The molecule has 1 atom stereocenters. The van der Waals surface area contributed by atoms with Crippen LogP contribution in [0.4, 0.5) is 0 Å². The fourth-order valence-corrected chi connectivity index (χ4v) is 3.98. The third-order valence-electron chi connectivity index (χ3n) is 4.31. The number of aromatic nitrogens is 4. The quantitative estimate of drug-likeness (QED) is 0.871. The van der Waals surface area contributed by atoms with Gasteiger partial charge in [-0.1, -0.05) is 0 Å². The zero-order valence-electron chi connectivity index (χ0n) is 13.8. The molecular formula is C15H21N5O3S. The van der Waals surface area contributed by atoms with Crippen LogP contribution in [-0.2, 0) is 23.3 Å². The molecule has 0 saturated carbocycles. The largest absolute Gasteiger partial charge is 0.337 e. The smallest absolute Gasteiger partial charge is 0.274 e. The lowest BCUT2D eigenvalue weighted by atomic mass is 9.93. The van der Waals surface area contributed by atoms with Crippen LogP contribution >= 0.6 is 0 Å². The molecule has 3 heterocycles. The lowest BCUT2D eigenvalue weighted by Crippen LogP contribution is -2.40. The van der Waals surface area contributed by atoms with Crippen LogP contribution in [0.5, 0.6) is 0 Å². The van der Waals surface area contributed by atoms with Gasteiger partial charge in [0.1, 0.15) is 10.6 Å².